The van der Waals surface area contributed by atoms with Gasteiger partial charge in [0.25, 0.3) is 0 Å². The van der Waals surface area contributed by atoms with E-state index < -0.39 is 0 Å². The fraction of sp³-hybridized carbons (Fsp3) is 0.750. The van der Waals surface area contributed by atoms with Crippen LogP contribution < -0.4 is 5.46 Å². The number of piperidine rings is 1. The van der Waals surface area contributed by atoms with Crippen molar-refractivity contribution in [3.63, 3.8) is 0 Å². The van der Waals surface area contributed by atoms with E-state index in [0.29, 0.717) is 5.92 Å². The van der Waals surface area contributed by atoms with Crippen molar-refractivity contribution in [2.45, 2.75) is 51.2 Å². The highest BCUT2D eigenvalue weighted by Crippen LogP contribution is 2.43. The molecule has 6 heteroatoms. The molecule has 0 bridgehead atoms. The molecule has 0 radical (unpaired) electrons. The molecule has 3 heterocycles. The molecule has 0 aromatic carbocycles. The smallest absolute Gasteiger partial charge is 0.399 e. The van der Waals surface area contributed by atoms with Gasteiger partial charge < -0.3 is 14.2 Å². The molecule has 0 saturated carbocycles. The normalized spacial score (nSPS) is 29.9. The Bertz CT molecular complexity index is 505. The van der Waals surface area contributed by atoms with Crippen molar-refractivity contribution in [2.24, 2.45) is 5.92 Å². The molecule has 120 valence electrons. The molecule has 2 aliphatic heterocycles. The number of rotatable bonds is 3. The topological polar surface area (TPSA) is 47.5 Å². The molecule has 3 rings (SSSR count). The lowest BCUT2D eigenvalue weighted by Crippen LogP contribution is -2.47. The minimum absolute atomic E-state index is 0.284. The Labute approximate surface area is 133 Å². The van der Waals surface area contributed by atoms with E-state index in [-0.39, 0.29) is 18.3 Å². The van der Waals surface area contributed by atoms with Crippen molar-refractivity contribution in [1.29, 1.82) is 0 Å². The maximum absolute atomic E-state index is 6.36. The Balaban J connectivity index is 1.71. The van der Waals surface area contributed by atoms with Crippen LogP contribution in [0.25, 0.3) is 0 Å². The van der Waals surface area contributed by atoms with Crippen LogP contribution in [0.4, 0.5) is 0 Å². The van der Waals surface area contributed by atoms with Crippen LogP contribution in [0.2, 0.25) is 0 Å². The van der Waals surface area contributed by atoms with Crippen LogP contribution >= 0.6 is 0 Å². The first-order valence-electron chi connectivity index (χ1n) is 8.19. The van der Waals surface area contributed by atoms with Gasteiger partial charge in [-0.3, -0.25) is 0 Å². The summed E-state index contributed by atoms with van der Waals surface area (Å²) in [4.78, 5) is 10.5. The van der Waals surface area contributed by atoms with Crippen LogP contribution in [-0.4, -0.2) is 53.3 Å². The van der Waals surface area contributed by atoms with E-state index in [4.69, 9.17) is 9.31 Å². The average molecular weight is 303 g/mol. The van der Waals surface area contributed by atoms with Gasteiger partial charge in [-0.25, -0.2) is 9.97 Å². The molecule has 1 unspecified atom stereocenters. The molecular formula is C16H26BN3O2. The Morgan fingerprint density at radius 2 is 1.82 bits per heavy atom. The third kappa shape index (κ3) is 3.05. The highest BCUT2D eigenvalue weighted by molar-refractivity contribution is 6.61. The third-order valence-electron chi connectivity index (χ3n) is 5.41. The summed E-state index contributed by atoms with van der Waals surface area (Å²) in [6, 6.07) is 0. The summed E-state index contributed by atoms with van der Waals surface area (Å²) in [7, 11) is 1.83. The van der Waals surface area contributed by atoms with Gasteiger partial charge in [-0.05, 0) is 66.1 Å². The van der Waals surface area contributed by atoms with Gasteiger partial charge in [0.05, 0.1) is 11.2 Å². The molecule has 0 amide bonds. The molecular weight excluding hydrogens is 277 g/mol. The predicted molar refractivity (Wildman–Crippen MR) is 86.9 cm³/mol. The minimum Gasteiger partial charge on any atom is -0.399 e. The predicted octanol–water partition coefficient (Wildman–Crippen LogP) is 1.49. The second-order valence-corrected chi connectivity index (χ2v) is 7.43. The maximum Gasteiger partial charge on any atom is 0.498 e. The van der Waals surface area contributed by atoms with Crippen LogP contribution in [0.1, 0.15) is 40.0 Å². The fourth-order valence-electron chi connectivity index (χ4n) is 3.47. The van der Waals surface area contributed by atoms with Gasteiger partial charge in [-0.15, -0.1) is 0 Å². The zero-order chi connectivity index (χ0) is 15.8. The van der Waals surface area contributed by atoms with E-state index in [2.05, 4.69) is 42.7 Å². The standard InChI is InChI=1S/C16H26BN3O2/c1-15(2)16(3,9-13-5-7-20(4)8-6-13)22-17(21-15)14-10-18-12-19-11-14/h10-13H,5-9H2,1-4H3. The largest absolute Gasteiger partial charge is 0.498 e. The number of nitrogens with zero attached hydrogens (tertiary/aromatic N) is 3. The minimum atomic E-state index is -0.368. The van der Waals surface area contributed by atoms with Gasteiger partial charge in [0.15, 0.2) is 0 Å². The first-order chi connectivity index (χ1) is 10.4. The van der Waals surface area contributed by atoms with Gasteiger partial charge in [-0.1, -0.05) is 0 Å². The molecule has 1 aromatic heterocycles. The maximum atomic E-state index is 6.36. The average Bonchev–Trinajstić information content (AvgIpc) is 2.73. The van der Waals surface area contributed by atoms with E-state index in [1.165, 1.54) is 32.3 Å². The SMILES string of the molecule is CN1CCC(CC2(C)OB(c3cncnc3)OC2(C)C)CC1. The summed E-state index contributed by atoms with van der Waals surface area (Å²) in [5, 5.41) is 0. The van der Waals surface area contributed by atoms with E-state index in [0.717, 1.165) is 11.9 Å². The molecule has 22 heavy (non-hydrogen) atoms. The lowest BCUT2D eigenvalue weighted by atomic mass is 9.77. The van der Waals surface area contributed by atoms with Crippen LogP contribution in [0.3, 0.4) is 0 Å². The van der Waals surface area contributed by atoms with Gasteiger partial charge >= 0.3 is 7.12 Å². The number of hydrogen-bond donors (Lipinski definition) is 0. The van der Waals surface area contributed by atoms with E-state index in [1.807, 2.05) is 0 Å². The summed E-state index contributed by atoms with van der Waals surface area (Å²) < 4.78 is 12.6. The lowest BCUT2D eigenvalue weighted by Gasteiger charge is -2.41. The molecule has 2 fully saturated rings. The quantitative estimate of drug-likeness (QED) is 0.792. The zero-order valence-corrected chi connectivity index (χ0v) is 14.1. The van der Waals surface area contributed by atoms with Gasteiger partial charge in [0, 0.05) is 17.9 Å². The van der Waals surface area contributed by atoms with Crippen molar-refractivity contribution in [2.75, 3.05) is 20.1 Å². The van der Waals surface area contributed by atoms with E-state index >= 15 is 0 Å². The van der Waals surface area contributed by atoms with Crippen molar-refractivity contribution in [3.8, 4) is 0 Å². The van der Waals surface area contributed by atoms with Crippen molar-refractivity contribution < 1.29 is 9.31 Å². The van der Waals surface area contributed by atoms with Crippen LogP contribution in [0.15, 0.2) is 18.7 Å². The van der Waals surface area contributed by atoms with Crippen molar-refractivity contribution in [3.05, 3.63) is 18.7 Å². The number of aromatic nitrogens is 2. The summed E-state index contributed by atoms with van der Waals surface area (Å²) in [5.41, 5.74) is 0.285. The molecule has 0 spiro atoms. The Kier molecular flexibility index (Phi) is 4.27. The van der Waals surface area contributed by atoms with Crippen LogP contribution in [0.5, 0.6) is 0 Å². The molecule has 2 aliphatic rings. The van der Waals surface area contributed by atoms with Crippen molar-refractivity contribution in [1.82, 2.24) is 14.9 Å². The summed E-state index contributed by atoms with van der Waals surface area (Å²) >= 11 is 0. The zero-order valence-electron chi connectivity index (χ0n) is 14.1. The Morgan fingerprint density at radius 1 is 1.18 bits per heavy atom. The third-order valence-corrected chi connectivity index (χ3v) is 5.41. The Morgan fingerprint density at radius 3 is 2.45 bits per heavy atom. The summed E-state index contributed by atoms with van der Waals surface area (Å²) in [5.74, 6) is 0.704. The number of hydrogen-bond acceptors (Lipinski definition) is 5. The molecule has 1 aromatic rings. The second kappa shape index (κ2) is 5.91. The van der Waals surface area contributed by atoms with E-state index in [1.54, 1.807) is 12.4 Å². The highest BCUT2D eigenvalue weighted by Gasteiger charge is 2.55. The van der Waals surface area contributed by atoms with Crippen LogP contribution in [0, 0.1) is 5.92 Å². The highest BCUT2D eigenvalue weighted by atomic mass is 16.7. The lowest BCUT2D eigenvalue weighted by molar-refractivity contribution is -0.0324. The first-order valence-corrected chi connectivity index (χ1v) is 8.19. The van der Waals surface area contributed by atoms with Crippen molar-refractivity contribution >= 4 is 12.6 Å². The van der Waals surface area contributed by atoms with Gasteiger partial charge in [-0.2, -0.15) is 0 Å². The van der Waals surface area contributed by atoms with E-state index in [9.17, 15) is 0 Å². The van der Waals surface area contributed by atoms with Crippen LogP contribution in [-0.2, 0) is 9.31 Å². The first kappa shape index (κ1) is 15.9. The Hall–Kier alpha value is -0.975. The summed E-state index contributed by atoms with van der Waals surface area (Å²) in [6.45, 7) is 8.81. The molecule has 0 aliphatic carbocycles. The van der Waals surface area contributed by atoms with Gasteiger partial charge in [0.1, 0.15) is 6.33 Å². The molecule has 0 N–H and O–H groups in total. The number of likely N-dealkylation sites (tertiary alicyclic amines) is 1. The summed E-state index contributed by atoms with van der Waals surface area (Å²) in [6.07, 6.45) is 8.60. The molecule has 1 atom stereocenters. The second-order valence-electron chi connectivity index (χ2n) is 7.43. The molecule has 5 nitrogen and oxygen atoms in total. The van der Waals surface area contributed by atoms with Gasteiger partial charge in [0.2, 0.25) is 0 Å². The fourth-order valence-corrected chi connectivity index (χ4v) is 3.47. The monoisotopic (exact) mass is 303 g/mol. The molecule has 2 saturated heterocycles.